The van der Waals surface area contributed by atoms with Gasteiger partial charge >= 0.3 is 0 Å². The minimum Gasteiger partial charge on any atom is -0.0776 e. The fourth-order valence-corrected chi connectivity index (χ4v) is 0.385. The molecule has 0 atom stereocenters. The molecule has 0 saturated heterocycles. The van der Waals surface area contributed by atoms with E-state index in [1.54, 1.807) is 0 Å². The average molecular weight is 200 g/mol. The summed E-state index contributed by atoms with van der Waals surface area (Å²) in [7, 11) is 1.25. The topological polar surface area (TPSA) is 0 Å². The summed E-state index contributed by atoms with van der Waals surface area (Å²) in [5.74, 6) is 0. The maximum atomic E-state index is 5.75. The fourth-order valence-electron chi connectivity index (χ4n) is 0.385. The molecule has 0 nitrogen and oxygen atoms in total. The van der Waals surface area contributed by atoms with Crippen LogP contribution in [0.3, 0.4) is 0 Å². The Morgan fingerprint density at radius 3 is 0.857 bits per heavy atom. The number of rotatable bonds is 0. The maximum absolute atomic E-state index is 5.75. The summed E-state index contributed by atoms with van der Waals surface area (Å²) in [6, 6.07) is 12.0. The average Bonchev–Trinajstić information content (AvgIpc) is 2.40. The number of benzene rings is 1. The lowest BCUT2D eigenvalue weighted by Gasteiger charge is -1.69. The van der Waals surface area contributed by atoms with Crippen LogP contribution in [0.2, 0.25) is 0 Å². The standard InChI is InChI=1S/C6H6.C3H8.2C2H6.CH4/c1-2-4-6-5-3-1;1-3-2;2*1-2;/h1-6H;3H2,1-2H3;2*1-2H3;1H4/i;;;;1T. The zero-order chi connectivity index (χ0) is 12.9. The minimum absolute atomic E-state index is 1.25. The summed E-state index contributed by atoms with van der Waals surface area (Å²) >= 11 is 0. The van der Waals surface area contributed by atoms with Crippen molar-refractivity contribution in [2.24, 2.45) is 0 Å². The molecular formula is C14H30. The van der Waals surface area contributed by atoms with E-state index < -0.39 is 0 Å². The fraction of sp³-hybridized carbons (Fsp3) is 0.571. The van der Waals surface area contributed by atoms with Crippen molar-refractivity contribution in [3.05, 3.63) is 36.4 Å². The summed E-state index contributed by atoms with van der Waals surface area (Å²) in [6.45, 7) is 12.2. The van der Waals surface area contributed by atoms with Crippen LogP contribution in [0.1, 0.15) is 56.7 Å². The third-order valence-electron chi connectivity index (χ3n) is 0.667. The van der Waals surface area contributed by atoms with Gasteiger partial charge in [-0.15, -0.1) is 0 Å². The van der Waals surface area contributed by atoms with Gasteiger partial charge in [-0.05, 0) is 0 Å². The zero-order valence-electron chi connectivity index (χ0n) is 12.2. The van der Waals surface area contributed by atoms with Crippen LogP contribution >= 0.6 is 0 Å². The largest absolute Gasteiger partial charge is 0.0776 e. The van der Waals surface area contributed by atoms with Gasteiger partial charge in [0.05, 0.1) is 0 Å². The SMILES string of the molecule is CC.CC.CCC.[3H]C.c1ccccc1. The van der Waals surface area contributed by atoms with E-state index in [-0.39, 0.29) is 0 Å². The second kappa shape index (κ2) is 39.8. The van der Waals surface area contributed by atoms with Crippen LogP contribution in [0.25, 0.3) is 0 Å². The van der Waals surface area contributed by atoms with Crippen LogP contribution in [0.4, 0.5) is 0 Å². The van der Waals surface area contributed by atoms with E-state index in [0.717, 1.165) is 0 Å². The Morgan fingerprint density at radius 1 is 0.714 bits per heavy atom. The summed E-state index contributed by atoms with van der Waals surface area (Å²) in [5, 5.41) is 0. The second-order valence-electron chi connectivity index (χ2n) is 1.86. The lowest BCUT2D eigenvalue weighted by molar-refractivity contribution is 1.09. The Morgan fingerprint density at radius 2 is 0.786 bits per heavy atom. The third kappa shape index (κ3) is 43.0. The Bertz CT molecular complexity index is 88.2. The van der Waals surface area contributed by atoms with E-state index in [4.69, 9.17) is 1.37 Å². The van der Waals surface area contributed by atoms with E-state index in [9.17, 15) is 0 Å². The predicted molar refractivity (Wildman–Crippen MR) is 71.8 cm³/mol. The predicted octanol–water partition coefficient (Wildman–Crippen LogP) is 5.79. The molecule has 0 heterocycles. The van der Waals surface area contributed by atoms with Gasteiger partial charge in [-0.1, -0.05) is 91.8 Å². The molecule has 0 aliphatic rings. The van der Waals surface area contributed by atoms with E-state index >= 15 is 0 Å². The van der Waals surface area contributed by atoms with Crippen LogP contribution < -0.4 is 0 Å². The molecule has 0 heteroatoms. The van der Waals surface area contributed by atoms with Crippen molar-refractivity contribution in [3.8, 4) is 0 Å². The normalized spacial score (nSPS) is 6.07. The number of hydrogen-bond donors (Lipinski definition) is 0. The highest BCUT2D eigenvalue weighted by Crippen LogP contribution is 1.79. The highest BCUT2D eigenvalue weighted by atomic mass is 13.6. The molecule has 0 saturated carbocycles. The highest BCUT2D eigenvalue weighted by molar-refractivity contribution is 4.99. The molecular weight excluding hydrogens is 168 g/mol. The first-order valence-corrected chi connectivity index (χ1v) is 5.41. The van der Waals surface area contributed by atoms with Gasteiger partial charge in [-0.3, -0.25) is 0 Å². The van der Waals surface area contributed by atoms with E-state index in [1.165, 1.54) is 13.8 Å². The lowest BCUT2D eigenvalue weighted by Crippen LogP contribution is -1.47. The Labute approximate surface area is 93.8 Å². The molecule has 0 spiro atoms. The van der Waals surface area contributed by atoms with Gasteiger partial charge in [0.25, 0.3) is 0 Å². The lowest BCUT2D eigenvalue weighted by atomic mass is 10.4. The van der Waals surface area contributed by atoms with Gasteiger partial charge in [-0.2, -0.15) is 0 Å². The van der Waals surface area contributed by atoms with Crippen molar-refractivity contribution >= 4 is 0 Å². The van der Waals surface area contributed by atoms with E-state index in [1.807, 2.05) is 64.1 Å². The maximum Gasteiger partial charge on any atom is 0.0194 e. The summed E-state index contributed by atoms with van der Waals surface area (Å²) in [6.07, 6.45) is 1.25. The van der Waals surface area contributed by atoms with Crippen LogP contribution in [0.15, 0.2) is 36.4 Å². The van der Waals surface area contributed by atoms with Crippen LogP contribution in [-0.2, 0) is 0 Å². The van der Waals surface area contributed by atoms with Gasteiger partial charge in [0.2, 0.25) is 0 Å². The molecule has 1 aromatic carbocycles. The van der Waals surface area contributed by atoms with Gasteiger partial charge in [0.15, 0.2) is 0 Å². The van der Waals surface area contributed by atoms with Gasteiger partial charge < -0.3 is 0 Å². The first-order chi connectivity index (χ1) is 7.41. The highest BCUT2D eigenvalue weighted by Gasteiger charge is 1.57. The molecule has 0 aromatic heterocycles. The van der Waals surface area contributed by atoms with E-state index in [0.29, 0.717) is 0 Å². The van der Waals surface area contributed by atoms with Crippen molar-refractivity contribution in [1.29, 1.82) is 0 Å². The first-order valence-electron chi connectivity index (χ1n) is 6.41. The molecule has 0 unspecified atom stereocenters. The molecule has 0 aliphatic carbocycles. The van der Waals surface area contributed by atoms with Gasteiger partial charge in [-0.25, -0.2) is 0 Å². The molecule has 1 rings (SSSR count). The molecule has 0 aliphatic heterocycles. The van der Waals surface area contributed by atoms with Crippen molar-refractivity contribution in [2.75, 3.05) is 0 Å². The number of hydrogen-bond acceptors (Lipinski definition) is 0. The Balaban J connectivity index is -0.0000000585. The molecule has 0 amide bonds. The second-order valence-corrected chi connectivity index (χ2v) is 1.86. The monoisotopic (exact) mass is 200 g/mol. The third-order valence-corrected chi connectivity index (χ3v) is 0.667. The van der Waals surface area contributed by atoms with Crippen molar-refractivity contribution < 1.29 is 1.37 Å². The van der Waals surface area contributed by atoms with Crippen LogP contribution in [-0.4, -0.2) is 0 Å². The van der Waals surface area contributed by atoms with Gasteiger partial charge in [0, 0.05) is 1.37 Å². The summed E-state index contributed by atoms with van der Waals surface area (Å²) < 4.78 is 5.75. The Kier molecular flexibility index (Phi) is 53.7. The molecule has 0 fully saturated rings. The van der Waals surface area contributed by atoms with Crippen LogP contribution in [0, 0.1) is 0 Å². The molecule has 0 radical (unpaired) electrons. The van der Waals surface area contributed by atoms with Crippen molar-refractivity contribution in [1.82, 2.24) is 0 Å². The molecule has 0 N–H and O–H groups in total. The van der Waals surface area contributed by atoms with E-state index in [2.05, 4.69) is 13.8 Å². The molecule has 0 bridgehead atoms. The molecule has 86 valence electrons. The Hall–Kier alpha value is -0.780. The van der Waals surface area contributed by atoms with Gasteiger partial charge in [0.1, 0.15) is 0 Å². The van der Waals surface area contributed by atoms with Crippen LogP contribution in [0.5, 0.6) is 0 Å². The zero-order valence-corrected chi connectivity index (χ0v) is 11.2. The minimum atomic E-state index is 1.25. The molecule has 1 aromatic rings. The summed E-state index contributed by atoms with van der Waals surface area (Å²) in [4.78, 5) is 0. The smallest absolute Gasteiger partial charge is 0.0194 e. The van der Waals surface area contributed by atoms with Crippen molar-refractivity contribution in [3.63, 3.8) is 0 Å². The quantitative estimate of drug-likeness (QED) is 0.497. The van der Waals surface area contributed by atoms with Crippen molar-refractivity contribution in [2.45, 2.75) is 55.4 Å². The summed E-state index contributed by atoms with van der Waals surface area (Å²) in [5.41, 5.74) is 0. The molecule has 14 heavy (non-hydrogen) atoms. The first kappa shape index (κ1) is 18.9.